The molecule has 1 saturated heterocycles. The molecule has 2 saturated carbocycles. The van der Waals surface area contributed by atoms with Gasteiger partial charge in [-0.1, -0.05) is 36.6 Å². The van der Waals surface area contributed by atoms with Gasteiger partial charge in [-0.05, 0) is 55.5 Å². The molecule has 11 heteroatoms. The molecule has 0 radical (unpaired) electrons. The first kappa shape index (κ1) is 27.2. The number of halogens is 1. The van der Waals surface area contributed by atoms with Crippen molar-refractivity contribution in [2.45, 2.75) is 50.0 Å². The number of aromatic nitrogens is 2. The second-order valence-corrected chi connectivity index (χ2v) is 14.7. The van der Waals surface area contributed by atoms with Crippen LogP contribution in [0.3, 0.4) is 0 Å². The Kier molecular flexibility index (Phi) is 7.32. The lowest BCUT2D eigenvalue weighted by Gasteiger charge is -2.31. The molecule has 2 unspecified atom stereocenters. The molecular weight excluding hydrogens is 566 g/mol. The third-order valence-corrected chi connectivity index (χ3v) is 11.2. The van der Waals surface area contributed by atoms with Crippen molar-refractivity contribution in [3.63, 3.8) is 0 Å². The molecule has 2 atom stereocenters. The topological polar surface area (TPSA) is 116 Å². The number of nitriles is 1. The standard InChI is InChI=1S/C29H30ClN5O3S2/c30-20-7-10-24(32-17-20)28-33-25(22-3-1-2-4-23(22)27(36)34-29(18-31)11-12-29)26(39-28)19-5-8-21(9-6-19)35-13-15-40(37,38)16-14-35/h5-10,17,22-23H,1-4,11-16H2,(H,34,36). The summed E-state index contributed by atoms with van der Waals surface area (Å²) in [5, 5.41) is 13.9. The SMILES string of the molecule is N#CC1(NC(=O)C2CCCCC2c2nc(-c3ccc(Cl)cn3)sc2-c2ccc(N3CCS(=O)(=O)CC3)cc2)CC1. The largest absolute Gasteiger partial charge is 0.369 e. The van der Waals surface area contributed by atoms with Gasteiger partial charge in [0.2, 0.25) is 5.91 Å². The lowest BCUT2D eigenvalue weighted by atomic mass is 9.76. The third kappa shape index (κ3) is 5.60. The summed E-state index contributed by atoms with van der Waals surface area (Å²) in [5.41, 5.74) is 2.92. The molecule has 3 aliphatic rings. The summed E-state index contributed by atoms with van der Waals surface area (Å²) in [5.74, 6) is -0.0277. The number of pyridine rings is 1. The summed E-state index contributed by atoms with van der Waals surface area (Å²) in [7, 11) is -2.95. The number of nitrogens with one attached hydrogen (secondary N) is 1. The minimum absolute atomic E-state index is 0.0516. The van der Waals surface area contributed by atoms with Gasteiger partial charge in [0.15, 0.2) is 9.84 Å². The van der Waals surface area contributed by atoms with Crippen LogP contribution in [0.1, 0.15) is 50.1 Å². The number of carbonyl (C=O) groups excluding carboxylic acids is 1. The minimum Gasteiger partial charge on any atom is -0.369 e. The van der Waals surface area contributed by atoms with Gasteiger partial charge >= 0.3 is 0 Å². The van der Waals surface area contributed by atoms with Crippen molar-refractivity contribution in [1.29, 1.82) is 5.26 Å². The Balaban J connectivity index is 1.35. The van der Waals surface area contributed by atoms with Gasteiger partial charge in [0.25, 0.3) is 0 Å². The van der Waals surface area contributed by atoms with Crippen LogP contribution >= 0.6 is 22.9 Å². The number of hydrogen-bond acceptors (Lipinski definition) is 8. The van der Waals surface area contributed by atoms with E-state index in [9.17, 15) is 18.5 Å². The van der Waals surface area contributed by atoms with E-state index in [0.29, 0.717) is 31.0 Å². The normalized spacial score (nSPS) is 23.2. The average molecular weight is 596 g/mol. The summed E-state index contributed by atoms with van der Waals surface area (Å²) in [4.78, 5) is 26.2. The van der Waals surface area contributed by atoms with Crippen LogP contribution in [0.4, 0.5) is 5.69 Å². The molecule has 3 heterocycles. The van der Waals surface area contributed by atoms with Crippen molar-refractivity contribution in [3.8, 4) is 27.2 Å². The highest BCUT2D eigenvalue weighted by Gasteiger charge is 2.47. The Hall–Kier alpha value is -3.00. The van der Waals surface area contributed by atoms with E-state index in [1.807, 2.05) is 18.2 Å². The maximum Gasteiger partial charge on any atom is 0.225 e. The van der Waals surface area contributed by atoms with Crippen LogP contribution < -0.4 is 10.2 Å². The Morgan fingerprint density at radius 3 is 2.48 bits per heavy atom. The zero-order valence-corrected chi connectivity index (χ0v) is 24.4. The van der Waals surface area contributed by atoms with Crippen LogP contribution in [0.2, 0.25) is 5.02 Å². The van der Waals surface area contributed by atoms with E-state index in [1.54, 1.807) is 23.6 Å². The molecule has 0 spiro atoms. The van der Waals surface area contributed by atoms with Crippen molar-refractivity contribution in [2.24, 2.45) is 5.92 Å². The van der Waals surface area contributed by atoms with E-state index >= 15 is 0 Å². The molecule has 1 aliphatic heterocycles. The maximum atomic E-state index is 13.5. The molecule has 1 N–H and O–H groups in total. The highest BCUT2D eigenvalue weighted by Crippen LogP contribution is 2.46. The van der Waals surface area contributed by atoms with Gasteiger partial charge in [-0.3, -0.25) is 9.78 Å². The fourth-order valence-electron chi connectivity index (χ4n) is 5.69. The van der Waals surface area contributed by atoms with E-state index in [1.165, 1.54) is 0 Å². The van der Waals surface area contributed by atoms with Crippen molar-refractivity contribution < 1.29 is 13.2 Å². The number of amides is 1. The molecule has 40 heavy (non-hydrogen) atoms. The lowest BCUT2D eigenvalue weighted by molar-refractivity contribution is -0.127. The van der Waals surface area contributed by atoms with Crippen LogP contribution in [-0.2, 0) is 14.6 Å². The van der Waals surface area contributed by atoms with Gasteiger partial charge < -0.3 is 10.2 Å². The van der Waals surface area contributed by atoms with E-state index in [4.69, 9.17) is 16.6 Å². The van der Waals surface area contributed by atoms with Gasteiger partial charge in [0.05, 0.1) is 38.9 Å². The first-order valence-electron chi connectivity index (χ1n) is 13.7. The highest BCUT2D eigenvalue weighted by molar-refractivity contribution is 7.91. The highest BCUT2D eigenvalue weighted by atomic mass is 35.5. The van der Waals surface area contributed by atoms with Gasteiger partial charge in [-0.15, -0.1) is 11.3 Å². The van der Waals surface area contributed by atoms with Gasteiger partial charge in [-0.25, -0.2) is 13.4 Å². The molecule has 0 bridgehead atoms. The zero-order valence-electron chi connectivity index (χ0n) is 22.0. The molecule has 6 rings (SSSR count). The van der Waals surface area contributed by atoms with E-state index in [2.05, 4.69) is 33.4 Å². The molecule has 8 nitrogen and oxygen atoms in total. The zero-order chi connectivity index (χ0) is 27.9. The van der Waals surface area contributed by atoms with Crippen LogP contribution in [0.5, 0.6) is 0 Å². The molecule has 3 fully saturated rings. The van der Waals surface area contributed by atoms with Crippen LogP contribution in [-0.4, -0.2) is 54.4 Å². The summed E-state index contributed by atoms with van der Waals surface area (Å²) >= 11 is 7.64. The molecule has 208 valence electrons. The van der Waals surface area contributed by atoms with Crippen LogP contribution in [0.25, 0.3) is 21.1 Å². The number of thiazole rings is 1. The molecule has 2 aromatic heterocycles. The summed E-state index contributed by atoms with van der Waals surface area (Å²) < 4.78 is 23.7. The number of sulfone groups is 1. The number of benzene rings is 1. The fraction of sp³-hybridized carbons (Fsp3) is 0.448. The number of rotatable bonds is 6. The second kappa shape index (κ2) is 10.8. The van der Waals surface area contributed by atoms with Crippen molar-refractivity contribution in [1.82, 2.24) is 15.3 Å². The summed E-state index contributed by atoms with van der Waals surface area (Å²) in [6.45, 7) is 0.978. The first-order valence-corrected chi connectivity index (χ1v) is 16.7. The smallest absolute Gasteiger partial charge is 0.225 e. The second-order valence-electron chi connectivity index (χ2n) is 11.0. The molecule has 2 aliphatic carbocycles. The van der Waals surface area contributed by atoms with Crippen LogP contribution in [0.15, 0.2) is 42.6 Å². The summed E-state index contributed by atoms with van der Waals surface area (Å²) in [6, 6.07) is 14.1. The number of nitrogens with zero attached hydrogens (tertiary/aromatic N) is 4. The Labute approximate surface area is 243 Å². The quantitative estimate of drug-likeness (QED) is 0.416. The van der Waals surface area contributed by atoms with Crippen molar-refractivity contribution in [3.05, 3.63) is 53.3 Å². The Morgan fingerprint density at radius 2 is 1.82 bits per heavy atom. The molecular formula is C29H30ClN5O3S2. The third-order valence-electron chi connectivity index (χ3n) is 8.22. The number of anilines is 1. The van der Waals surface area contributed by atoms with Gasteiger partial charge in [0.1, 0.15) is 10.5 Å². The number of hydrogen-bond donors (Lipinski definition) is 1. The lowest BCUT2D eigenvalue weighted by Crippen LogP contribution is -2.42. The minimum atomic E-state index is -2.95. The Bertz CT molecular complexity index is 1550. The fourth-order valence-corrected chi connectivity index (χ4v) is 8.12. The average Bonchev–Trinajstić information content (AvgIpc) is 3.60. The maximum absolute atomic E-state index is 13.5. The van der Waals surface area contributed by atoms with E-state index in [0.717, 1.165) is 58.2 Å². The molecule has 3 aromatic rings. The molecule has 1 amide bonds. The van der Waals surface area contributed by atoms with Crippen LogP contribution in [0, 0.1) is 17.2 Å². The summed E-state index contributed by atoms with van der Waals surface area (Å²) in [6.07, 6.45) is 6.62. The van der Waals surface area contributed by atoms with Gasteiger partial charge in [-0.2, -0.15) is 5.26 Å². The monoisotopic (exact) mass is 595 g/mol. The number of carbonyl (C=O) groups is 1. The van der Waals surface area contributed by atoms with E-state index < -0.39 is 15.4 Å². The predicted molar refractivity (Wildman–Crippen MR) is 157 cm³/mol. The van der Waals surface area contributed by atoms with Crippen molar-refractivity contribution >= 4 is 44.4 Å². The molecule has 1 aromatic carbocycles. The van der Waals surface area contributed by atoms with Gasteiger partial charge in [0, 0.05) is 36.8 Å². The van der Waals surface area contributed by atoms with Crippen molar-refractivity contribution in [2.75, 3.05) is 29.5 Å². The van der Waals surface area contributed by atoms with E-state index in [-0.39, 0.29) is 29.2 Å². The Morgan fingerprint density at radius 1 is 1.10 bits per heavy atom. The first-order chi connectivity index (χ1) is 19.3. The predicted octanol–water partition coefficient (Wildman–Crippen LogP) is 5.21.